The molecule has 0 N–H and O–H groups in total. The summed E-state index contributed by atoms with van der Waals surface area (Å²) in [7, 11) is 1.29. The summed E-state index contributed by atoms with van der Waals surface area (Å²) in [4.78, 5) is 24.0. The fourth-order valence-corrected chi connectivity index (χ4v) is 3.38. The van der Waals surface area contributed by atoms with Gasteiger partial charge in [-0.3, -0.25) is 9.59 Å². The maximum atomic E-state index is 12.0. The normalized spacial score (nSPS) is 32.5. The molecule has 0 unspecified atom stereocenters. The van der Waals surface area contributed by atoms with Gasteiger partial charge in [-0.25, -0.2) is 0 Å². The molecule has 0 amide bonds. The maximum absolute atomic E-state index is 12.0. The summed E-state index contributed by atoms with van der Waals surface area (Å²) >= 11 is 0. The average molecular weight is 276 g/mol. The van der Waals surface area contributed by atoms with Gasteiger partial charge in [-0.2, -0.15) is 0 Å². The highest BCUT2D eigenvalue weighted by Crippen LogP contribution is 2.69. The Morgan fingerprint density at radius 1 is 1.30 bits per heavy atom. The van der Waals surface area contributed by atoms with Gasteiger partial charge >= 0.3 is 11.9 Å². The highest BCUT2D eigenvalue weighted by atomic mass is 16.7. The van der Waals surface area contributed by atoms with Crippen molar-refractivity contribution in [2.75, 3.05) is 20.5 Å². The lowest BCUT2D eigenvalue weighted by atomic mass is 9.99. The fourth-order valence-electron chi connectivity index (χ4n) is 3.38. The van der Waals surface area contributed by atoms with E-state index in [-0.39, 0.29) is 25.2 Å². The average Bonchev–Trinajstić information content (AvgIpc) is 2.76. The Morgan fingerprint density at radius 3 is 2.90 bits per heavy atom. The number of carbonyl (C=O) groups excluding carboxylic acids is 2. The number of fused-ring (bicyclic) bond motifs is 2. The van der Waals surface area contributed by atoms with Gasteiger partial charge in [-0.15, -0.1) is 0 Å². The number of benzene rings is 1. The van der Waals surface area contributed by atoms with Crippen molar-refractivity contribution < 1.29 is 28.5 Å². The number of cyclic esters (lactones) is 1. The van der Waals surface area contributed by atoms with E-state index >= 15 is 0 Å². The van der Waals surface area contributed by atoms with Crippen molar-refractivity contribution >= 4 is 11.9 Å². The van der Waals surface area contributed by atoms with E-state index in [2.05, 4.69) is 0 Å². The van der Waals surface area contributed by atoms with Gasteiger partial charge in [0.05, 0.1) is 13.7 Å². The van der Waals surface area contributed by atoms with Crippen molar-refractivity contribution in [2.24, 2.45) is 11.3 Å². The van der Waals surface area contributed by atoms with E-state index in [4.69, 9.17) is 18.9 Å². The van der Waals surface area contributed by atoms with Gasteiger partial charge in [0.25, 0.3) is 0 Å². The van der Waals surface area contributed by atoms with Gasteiger partial charge in [0.1, 0.15) is 0 Å². The van der Waals surface area contributed by atoms with Crippen LogP contribution in [0.2, 0.25) is 0 Å². The van der Waals surface area contributed by atoms with Crippen LogP contribution < -0.4 is 9.47 Å². The summed E-state index contributed by atoms with van der Waals surface area (Å²) in [6, 6.07) is 5.47. The number of ether oxygens (including phenoxy) is 4. The van der Waals surface area contributed by atoms with Gasteiger partial charge in [0, 0.05) is 11.8 Å². The first-order chi connectivity index (χ1) is 9.69. The molecular weight excluding hydrogens is 264 g/mol. The van der Waals surface area contributed by atoms with Crippen molar-refractivity contribution in [3.05, 3.63) is 23.8 Å². The first-order valence-corrected chi connectivity index (χ1v) is 6.34. The standard InChI is InChI=1S/C14H12O6/c1-17-12(15)14-8(5-18-13(14)16)11(14)7-2-3-9-10(4-7)20-6-19-9/h2-4,8,11H,5-6H2,1H3/t8-,11-,14-/m1/s1. The Kier molecular flexibility index (Phi) is 2.11. The molecule has 20 heavy (non-hydrogen) atoms. The topological polar surface area (TPSA) is 71.1 Å². The van der Waals surface area contributed by atoms with Crippen LogP contribution in [0.4, 0.5) is 0 Å². The molecule has 1 aliphatic carbocycles. The third-order valence-electron chi connectivity index (χ3n) is 4.38. The molecule has 3 aliphatic rings. The molecule has 0 aromatic heterocycles. The van der Waals surface area contributed by atoms with Gasteiger partial charge in [-0.1, -0.05) is 6.07 Å². The van der Waals surface area contributed by atoms with Crippen LogP contribution in [-0.2, 0) is 19.1 Å². The molecule has 6 nitrogen and oxygen atoms in total. The third kappa shape index (κ3) is 1.19. The molecule has 2 fully saturated rings. The summed E-state index contributed by atoms with van der Waals surface area (Å²) in [5, 5.41) is 0. The lowest BCUT2D eigenvalue weighted by molar-refractivity contribution is -0.158. The number of esters is 2. The van der Waals surface area contributed by atoms with E-state index in [0.717, 1.165) is 5.56 Å². The number of carbonyl (C=O) groups is 2. The van der Waals surface area contributed by atoms with Gasteiger partial charge in [-0.05, 0) is 17.7 Å². The van der Waals surface area contributed by atoms with Crippen molar-refractivity contribution in [1.29, 1.82) is 0 Å². The first-order valence-electron chi connectivity index (χ1n) is 6.34. The summed E-state index contributed by atoms with van der Waals surface area (Å²) in [6.07, 6.45) is 0. The minimum absolute atomic E-state index is 0.150. The van der Waals surface area contributed by atoms with Crippen LogP contribution in [0.15, 0.2) is 18.2 Å². The predicted molar refractivity (Wildman–Crippen MR) is 64.2 cm³/mol. The number of hydrogen-bond acceptors (Lipinski definition) is 6. The van der Waals surface area contributed by atoms with Crippen molar-refractivity contribution in [3.63, 3.8) is 0 Å². The highest BCUT2D eigenvalue weighted by molar-refractivity contribution is 6.07. The van der Waals surface area contributed by atoms with Crippen molar-refractivity contribution in [1.82, 2.24) is 0 Å². The monoisotopic (exact) mass is 276 g/mol. The molecule has 0 spiro atoms. The van der Waals surface area contributed by atoms with Crippen molar-refractivity contribution in [2.45, 2.75) is 5.92 Å². The van der Waals surface area contributed by atoms with E-state index < -0.39 is 17.4 Å². The molecular formula is C14H12O6. The summed E-state index contributed by atoms with van der Waals surface area (Å²) < 4.78 is 20.4. The SMILES string of the molecule is COC(=O)[C@@]12C(=O)OC[C@@H]1[C@H]2c1ccc2c(c1)OCO2. The number of rotatable bonds is 2. The molecule has 0 radical (unpaired) electrons. The molecule has 4 rings (SSSR count). The summed E-state index contributed by atoms with van der Waals surface area (Å²) in [6.45, 7) is 0.449. The zero-order chi connectivity index (χ0) is 13.9. The van der Waals surface area contributed by atoms with E-state index in [1.165, 1.54) is 7.11 Å². The minimum atomic E-state index is -1.16. The van der Waals surface area contributed by atoms with Crippen LogP contribution in [0.3, 0.4) is 0 Å². The molecule has 2 heterocycles. The van der Waals surface area contributed by atoms with Crippen LogP contribution in [-0.4, -0.2) is 32.4 Å². The smallest absolute Gasteiger partial charge is 0.324 e. The Morgan fingerprint density at radius 2 is 2.10 bits per heavy atom. The Hall–Kier alpha value is -2.24. The maximum Gasteiger partial charge on any atom is 0.324 e. The zero-order valence-corrected chi connectivity index (χ0v) is 10.8. The molecule has 1 aromatic rings. The third-order valence-corrected chi connectivity index (χ3v) is 4.38. The second-order valence-corrected chi connectivity index (χ2v) is 5.16. The Labute approximate surface area is 114 Å². The van der Waals surface area contributed by atoms with E-state index in [9.17, 15) is 9.59 Å². The predicted octanol–water partition coefficient (Wildman–Crippen LogP) is 0.845. The zero-order valence-electron chi connectivity index (χ0n) is 10.8. The lowest BCUT2D eigenvalue weighted by Crippen LogP contribution is -2.28. The molecule has 1 aromatic carbocycles. The van der Waals surface area contributed by atoms with Crippen LogP contribution >= 0.6 is 0 Å². The van der Waals surface area contributed by atoms with E-state index in [0.29, 0.717) is 11.5 Å². The molecule has 0 bridgehead atoms. The fraction of sp³-hybridized carbons (Fsp3) is 0.429. The summed E-state index contributed by atoms with van der Waals surface area (Å²) in [5.74, 6) is -0.0479. The second kappa shape index (κ2) is 3.65. The van der Waals surface area contributed by atoms with Crippen LogP contribution in [0.25, 0.3) is 0 Å². The van der Waals surface area contributed by atoms with Crippen LogP contribution in [0, 0.1) is 11.3 Å². The lowest BCUT2D eigenvalue weighted by Gasteiger charge is -2.11. The minimum Gasteiger partial charge on any atom is -0.468 e. The first kappa shape index (κ1) is 11.6. The van der Waals surface area contributed by atoms with Gasteiger partial charge in [0.2, 0.25) is 6.79 Å². The highest BCUT2D eigenvalue weighted by Gasteiger charge is 2.80. The largest absolute Gasteiger partial charge is 0.468 e. The number of methoxy groups -OCH3 is 1. The number of hydrogen-bond donors (Lipinski definition) is 0. The van der Waals surface area contributed by atoms with E-state index in [1.807, 2.05) is 12.1 Å². The molecule has 6 heteroatoms. The molecule has 3 atom stereocenters. The molecule has 2 aliphatic heterocycles. The van der Waals surface area contributed by atoms with Gasteiger partial charge < -0.3 is 18.9 Å². The van der Waals surface area contributed by atoms with E-state index in [1.54, 1.807) is 6.07 Å². The Balaban J connectivity index is 1.74. The second-order valence-electron chi connectivity index (χ2n) is 5.16. The van der Waals surface area contributed by atoms with Crippen LogP contribution in [0.1, 0.15) is 11.5 Å². The Bertz CT molecular complexity index is 624. The summed E-state index contributed by atoms with van der Waals surface area (Å²) in [5.41, 5.74) is -0.288. The quantitative estimate of drug-likeness (QED) is 0.589. The van der Waals surface area contributed by atoms with Crippen molar-refractivity contribution in [3.8, 4) is 11.5 Å². The van der Waals surface area contributed by atoms with Crippen LogP contribution in [0.5, 0.6) is 11.5 Å². The molecule has 1 saturated heterocycles. The van der Waals surface area contributed by atoms with Gasteiger partial charge in [0.15, 0.2) is 16.9 Å². The molecule has 1 saturated carbocycles. The molecule has 104 valence electrons.